The second-order valence-corrected chi connectivity index (χ2v) is 7.32. The molecule has 29 heavy (non-hydrogen) atoms. The van der Waals surface area contributed by atoms with Crippen molar-refractivity contribution in [1.82, 2.24) is 14.9 Å². The summed E-state index contributed by atoms with van der Waals surface area (Å²) in [6.45, 7) is 2.56. The summed E-state index contributed by atoms with van der Waals surface area (Å²) < 4.78 is 10.7. The third-order valence-corrected chi connectivity index (χ3v) is 5.39. The lowest BCUT2D eigenvalue weighted by molar-refractivity contribution is 0.243. The van der Waals surface area contributed by atoms with E-state index in [-0.39, 0.29) is 0 Å². The van der Waals surface area contributed by atoms with Crippen LogP contribution in [-0.2, 0) is 19.5 Å². The Morgan fingerprint density at radius 2 is 2.00 bits per heavy atom. The zero-order chi connectivity index (χ0) is 20.2. The number of anilines is 2. The standard InChI is InChI=1S/C22H23ClN4O2/c1-28-17-7-8-20(21(11-17)29-2)26-22-24-12-16-14-27(10-9-19(16)25-22)13-15-5-3-4-6-18(15)23/h3-8,11-12H,9-10,13-14H2,1-2H3,(H,24,25,26). The van der Waals surface area contributed by atoms with E-state index in [2.05, 4.69) is 21.3 Å². The molecule has 6 nitrogen and oxygen atoms in total. The number of nitrogens with zero attached hydrogens (tertiary/aromatic N) is 3. The van der Waals surface area contributed by atoms with E-state index >= 15 is 0 Å². The normalized spacial score (nSPS) is 13.6. The topological polar surface area (TPSA) is 59.5 Å². The highest BCUT2D eigenvalue weighted by Gasteiger charge is 2.19. The Bertz CT molecular complexity index is 1010. The van der Waals surface area contributed by atoms with Gasteiger partial charge in [0.15, 0.2) is 0 Å². The molecule has 0 spiro atoms. The number of nitrogens with one attached hydrogen (secondary N) is 1. The van der Waals surface area contributed by atoms with Gasteiger partial charge in [0.25, 0.3) is 0 Å². The number of rotatable bonds is 6. The molecule has 1 N–H and O–H groups in total. The van der Waals surface area contributed by atoms with Crippen LogP contribution in [0.2, 0.25) is 5.02 Å². The highest BCUT2D eigenvalue weighted by atomic mass is 35.5. The lowest BCUT2D eigenvalue weighted by atomic mass is 10.1. The molecule has 4 rings (SSSR count). The molecule has 3 aromatic rings. The highest BCUT2D eigenvalue weighted by Crippen LogP contribution is 2.31. The van der Waals surface area contributed by atoms with Gasteiger partial charge in [-0.05, 0) is 23.8 Å². The van der Waals surface area contributed by atoms with Crippen LogP contribution in [0.25, 0.3) is 0 Å². The first-order chi connectivity index (χ1) is 14.2. The molecule has 0 aliphatic carbocycles. The van der Waals surface area contributed by atoms with Gasteiger partial charge in [-0.3, -0.25) is 4.90 Å². The number of aromatic nitrogens is 2. The fourth-order valence-corrected chi connectivity index (χ4v) is 3.66. The van der Waals surface area contributed by atoms with Gasteiger partial charge >= 0.3 is 0 Å². The number of methoxy groups -OCH3 is 2. The molecule has 0 saturated carbocycles. The first kappa shape index (κ1) is 19.5. The van der Waals surface area contributed by atoms with E-state index < -0.39 is 0 Å². The summed E-state index contributed by atoms with van der Waals surface area (Å²) >= 11 is 6.31. The summed E-state index contributed by atoms with van der Waals surface area (Å²) in [5, 5.41) is 4.06. The molecule has 1 aliphatic rings. The van der Waals surface area contributed by atoms with Gasteiger partial charge in [-0.25, -0.2) is 9.97 Å². The van der Waals surface area contributed by atoms with Crippen LogP contribution < -0.4 is 14.8 Å². The van der Waals surface area contributed by atoms with Crippen LogP contribution in [0.3, 0.4) is 0 Å². The first-order valence-corrected chi connectivity index (χ1v) is 9.83. The molecule has 1 aromatic heterocycles. The summed E-state index contributed by atoms with van der Waals surface area (Å²) in [5.41, 5.74) is 4.16. The molecular weight excluding hydrogens is 388 g/mol. The molecule has 0 bridgehead atoms. The summed E-state index contributed by atoms with van der Waals surface area (Å²) in [4.78, 5) is 11.6. The molecule has 0 amide bonds. The number of fused-ring (bicyclic) bond motifs is 1. The Balaban J connectivity index is 1.47. The maximum absolute atomic E-state index is 6.31. The minimum atomic E-state index is 0.562. The number of benzene rings is 2. The van der Waals surface area contributed by atoms with Crippen molar-refractivity contribution in [3.05, 3.63) is 70.5 Å². The van der Waals surface area contributed by atoms with Crippen molar-refractivity contribution in [2.75, 3.05) is 26.1 Å². The molecule has 150 valence electrons. The van der Waals surface area contributed by atoms with Crippen LogP contribution in [0.1, 0.15) is 16.8 Å². The summed E-state index contributed by atoms with van der Waals surface area (Å²) in [6.07, 6.45) is 2.77. The van der Waals surface area contributed by atoms with Crippen LogP contribution >= 0.6 is 11.6 Å². The Morgan fingerprint density at radius 1 is 1.14 bits per heavy atom. The van der Waals surface area contributed by atoms with E-state index in [1.165, 1.54) is 0 Å². The van der Waals surface area contributed by atoms with Gasteiger partial charge < -0.3 is 14.8 Å². The number of halogens is 1. The summed E-state index contributed by atoms with van der Waals surface area (Å²) in [6, 6.07) is 13.6. The van der Waals surface area contributed by atoms with E-state index in [0.717, 1.165) is 59.3 Å². The Morgan fingerprint density at radius 3 is 2.79 bits per heavy atom. The van der Waals surface area contributed by atoms with Gasteiger partial charge in [0.1, 0.15) is 11.5 Å². The predicted molar refractivity (Wildman–Crippen MR) is 114 cm³/mol. The largest absolute Gasteiger partial charge is 0.497 e. The second-order valence-electron chi connectivity index (χ2n) is 6.91. The van der Waals surface area contributed by atoms with Gasteiger partial charge in [0.2, 0.25) is 5.95 Å². The van der Waals surface area contributed by atoms with E-state index in [0.29, 0.717) is 11.7 Å². The third kappa shape index (κ3) is 4.44. The minimum Gasteiger partial charge on any atom is -0.497 e. The molecular formula is C22H23ClN4O2. The zero-order valence-electron chi connectivity index (χ0n) is 16.5. The van der Waals surface area contributed by atoms with E-state index in [9.17, 15) is 0 Å². The van der Waals surface area contributed by atoms with Crippen molar-refractivity contribution >= 4 is 23.2 Å². The smallest absolute Gasteiger partial charge is 0.227 e. The molecule has 0 saturated heterocycles. The number of hydrogen-bond donors (Lipinski definition) is 1. The van der Waals surface area contributed by atoms with Crippen LogP contribution in [0, 0.1) is 0 Å². The first-order valence-electron chi connectivity index (χ1n) is 9.46. The van der Waals surface area contributed by atoms with E-state index in [1.54, 1.807) is 14.2 Å². The van der Waals surface area contributed by atoms with Crippen molar-refractivity contribution in [1.29, 1.82) is 0 Å². The lowest BCUT2D eigenvalue weighted by Gasteiger charge is -2.28. The fourth-order valence-electron chi connectivity index (χ4n) is 3.46. The maximum Gasteiger partial charge on any atom is 0.227 e. The Kier molecular flexibility index (Phi) is 5.83. The molecule has 2 heterocycles. The van der Waals surface area contributed by atoms with Crippen molar-refractivity contribution in [2.24, 2.45) is 0 Å². The van der Waals surface area contributed by atoms with Gasteiger partial charge in [0, 0.05) is 48.9 Å². The number of ether oxygens (including phenoxy) is 2. The van der Waals surface area contributed by atoms with Crippen LogP contribution in [0.5, 0.6) is 11.5 Å². The Labute approximate surface area is 175 Å². The highest BCUT2D eigenvalue weighted by molar-refractivity contribution is 6.31. The van der Waals surface area contributed by atoms with Gasteiger partial charge in [-0.1, -0.05) is 29.8 Å². The summed E-state index contributed by atoms with van der Waals surface area (Å²) in [5.74, 6) is 1.97. The molecule has 0 radical (unpaired) electrons. The lowest BCUT2D eigenvalue weighted by Crippen LogP contribution is -2.31. The van der Waals surface area contributed by atoms with Gasteiger partial charge in [-0.15, -0.1) is 0 Å². The van der Waals surface area contributed by atoms with Crippen molar-refractivity contribution in [2.45, 2.75) is 19.5 Å². The van der Waals surface area contributed by atoms with Crippen molar-refractivity contribution in [3.8, 4) is 11.5 Å². The molecule has 1 aliphatic heterocycles. The Hall–Kier alpha value is -2.83. The minimum absolute atomic E-state index is 0.562. The van der Waals surface area contributed by atoms with Crippen LogP contribution in [0.15, 0.2) is 48.7 Å². The van der Waals surface area contributed by atoms with Crippen LogP contribution in [-0.4, -0.2) is 35.6 Å². The number of hydrogen-bond acceptors (Lipinski definition) is 6. The van der Waals surface area contributed by atoms with Crippen molar-refractivity contribution in [3.63, 3.8) is 0 Å². The maximum atomic E-state index is 6.31. The van der Waals surface area contributed by atoms with Gasteiger partial charge in [-0.2, -0.15) is 0 Å². The summed E-state index contributed by atoms with van der Waals surface area (Å²) in [7, 11) is 3.25. The fraction of sp³-hybridized carbons (Fsp3) is 0.273. The monoisotopic (exact) mass is 410 g/mol. The molecule has 0 unspecified atom stereocenters. The van der Waals surface area contributed by atoms with Crippen LogP contribution in [0.4, 0.5) is 11.6 Å². The van der Waals surface area contributed by atoms with Gasteiger partial charge in [0.05, 0.1) is 25.6 Å². The molecule has 0 atom stereocenters. The SMILES string of the molecule is COc1ccc(Nc2ncc3c(n2)CCN(Cc2ccccc2Cl)C3)c(OC)c1. The zero-order valence-corrected chi connectivity index (χ0v) is 17.2. The third-order valence-electron chi connectivity index (χ3n) is 5.02. The van der Waals surface area contributed by atoms with Crippen molar-refractivity contribution < 1.29 is 9.47 Å². The molecule has 2 aromatic carbocycles. The second kappa shape index (κ2) is 8.68. The predicted octanol–water partition coefficient (Wildman–Crippen LogP) is 4.45. The average molecular weight is 411 g/mol. The molecule has 0 fully saturated rings. The quantitative estimate of drug-likeness (QED) is 0.647. The molecule has 7 heteroatoms. The van der Waals surface area contributed by atoms with E-state index in [1.807, 2.05) is 42.6 Å². The average Bonchev–Trinajstić information content (AvgIpc) is 2.75. The van der Waals surface area contributed by atoms with E-state index in [4.69, 9.17) is 26.1 Å².